The van der Waals surface area contributed by atoms with Crippen LogP contribution in [-0.4, -0.2) is 33.5 Å². The minimum Gasteiger partial charge on any atom is -0.352 e. The number of pyridine rings is 1. The smallest absolute Gasteiger partial charge is 0.329 e. The van der Waals surface area contributed by atoms with E-state index < -0.39 is 11.2 Å². The average Bonchev–Trinajstić information content (AvgIpc) is 2.57. The molecule has 4 N–H and O–H groups in total. The van der Waals surface area contributed by atoms with Gasteiger partial charge >= 0.3 is 5.69 Å². The zero-order valence-corrected chi connectivity index (χ0v) is 14.9. The van der Waals surface area contributed by atoms with Crippen LogP contribution in [0.3, 0.4) is 0 Å². The second-order valence-corrected chi connectivity index (χ2v) is 6.20. The molecule has 0 aliphatic carbocycles. The zero-order chi connectivity index (χ0) is 18.6. The van der Waals surface area contributed by atoms with E-state index >= 15 is 0 Å². The molecule has 8 heteroatoms. The fourth-order valence-corrected chi connectivity index (χ4v) is 2.63. The highest BCUT2D eigenvalue weighted by molar-refractivity contribution is 6.05. The summed E-state index contributed by atoms with van der Waals surface area (Å²) in [6.45, 7) is 7.06. The fourth-order valence-electron chi connectivity index (χ4n) is 2.63. The van der Waals surface area contributed by atoms with Gasteiger partial charge in [-0.15, -0.1) is 0 Å². The van der Waals surface area contributed by atoms with Crippen LogP contribution in [0.2, 0.25) is 0 Å². The molecule has 0 fully saturated rings. The van der Waals surface area contributed by atoms with Crippen molar-refractivity contribution >= 4 is 16.9 Å². The van der Waals surface area contributed by atoms with Crippen LogP contribution >= 0.6 is 0 Å². The number of hydrogen-bond donors (Lipinski definition) is 3. The van der Waals surface area contributed by atoms with Crippen LogP contribution in [0, 0.1) is 0 Å². The number of carbonyl (C=O) groups is 1. The minimum atomic E-state index is -0.598. The normalized spacial score (nSPS) is 11.2. The number of H-pyrrole nitrogens is 1. The molecule has 136 valence electrons. The van der Waals surface area contributed by atoms with E-state index in [-0.39, 0.29) is 28.4 Å². The quantitative estimate of drug-likeness (QED) is 0.636. The van der Waals surface area contributed by atoms with Crippen LogP contribution in [0.1, 0.15) is 55.6 Å². The first kappa shape index (κ1) is 18.9. The number of unbranched alkanes of at least 4 members (excludes halogenated alkanes) is 1. The van der Waals surface area contributed by atoms with E-state index in [1.807, 2.05) is 13.8 Å². The van der Waals surface area contributed by atoms with Crippen molar-refractivity contribution < 1.29 is 4.79 Å². The standard InChI is InChI=1S/C17H25N5O3/c1-4-22-14-13(16(24)21-17(22)25)11(9-12(20-14)10(2)3)15(23)19-8-6-5-7-18/h9-10H,4-8,18H2,1-3H3,(H,19,23)(H,21,24,25). The first-order valence-electron chi connectivity index (χ1n) is 8.56. The molecule has 0 aliphatic heterocycles. The van der Waals surface area contributed by atoms with Crippen molar-refractivity contribution in [3.63, 3.8) is 0 Å². The Bertz CT molecular complexity index is 882. The summed E-state index contributed by atoms with van der Waals surface area (Å²) in [5.74, 6) is -0.300. The van der Waals surface area contributed by atoms with Crippen LogP contribution in [-0.2, 0) is 6.54 Å². The topological polar surface area (TPSA) is 123 Å². The first-order chi connectivity index (χ1) is 11.9. The second kappa shape index (κ2) is 8.06. The van der Waals surface area contributed by atoms with Crippen molar-refractivity contribution in [2.24, 2.45) is 5.73 Å². The Morgan fingerprint density at radius 3 is 2.68 bits per heavy atom. The Labute approximate surface area is 145 Å². The molecule has 2 aromatic heterocycles. The van der Waals surface area contributed by atoms with Gasteiger partial charge in [-0.2, -0.15) is 0 Å². The molecule has 0 saturated heterocycles. The Morgan fingerprint density at radius 2 is 2.08 bits per heavy atom. The number of hydrogen-bond acceptors (Lipinski definition) is 5. The van der Waals surface area contributed by atoms with Crippen molar-refractivity contribution in [1.29, 1.82) is 0 Å². The molecule has 1 amide bonds. The van der Waals surface area contributed by atoms with Crippen LogP contribution in [0.5, 0.6) is 0 Å². The molecule has 0 unspecified atom stereocenters. The molecule has 25 heavy (non-hydrogen) atoms. The Balaban J connectivity index is 2.63. The van der Waals surface area contributed by atoms with Crippen molar-refractivity contribution in [3.8, 4) is 0 Å². The van der Waals surface area contributed by atoms with E-state index in [4.69, 9.17) is 5.73 Å². The number of nitrogens with one attached hydrogen (secondary N) is 2. The first-order valence-corrected chi connectivity index (χ1v) is 8.56. The van der Waals surface area contributed by atoms with Crippen molar-refractivity contribution in [3.05, 3.63) is 38.2 Å². The third-order valence-electron chi connectivity index (χ3n) is 4.04. The summed E-state index contributed by atoms with van der Waals surface area (Å²) in [6, 6.07) is 1.63. The van der Waals surface area contributed by atoms with Crippen LogP contribution in [0.15, 0.2) is 15.7 Å². The molecule has 8 nitrogen and oxygen atoms in total. The van der Waals surface area contributed by atoms with Gasteiger partial charge in [0.25, 0.3) is 11.5 Å². The molecule has 0 spiro atoms. The summed E-state index contributed by atoms with van der Waals surface area (Å²) in [4.78, 5) is 43.7. The van der Waals surface area contributed by atoms with Crippen LogP contribution in [0.25, 0.3) is 11.0 Å². The number of aryl methyl sites for hydroxylation is 1. The molecule has 0 aromatic carbocycles. The lowest BCUT2D eigenvalue weighted by Crippen LogP contribution is -2.33. The summed E-state index contributed by atoms with van der Waals surface area (Å²) in [6.07, 6.45) is 1.57. The lowest BCUT2D eigenvalue weighted by atomic mass is 10.0. The number of nitrogens with zero attached hydrogens (tertiary/aromatic N) is 2. The predicted octanol–water partition coefficient (Wildman–Crippen LogP) is 0.697. The molecule has 0 atom stereocenters. The highest BCUT2D eigenvalue weighted by Crippen LogP contribution is 2.19. The van der Waals surface area contributed by atoms with Gasteiger partial charge in [0.1, 0.15) is 0 Å². The van der Waals surface area contributed by atoms with Gasteiger partial charge in [0.15, 0.2) is 5.65 Å². The van der Waals surface area contributed by atoms with E-state index in [0.717, 1.165) is 12.8 Å². The van der Waals surface area contributed by atoms with E-state index in [1.54, 1.807) is 13.0 Å². The average molecular weight is 347 g/mol. The van der Waals surface area contributed by atoms with Crippen molar-refractivity contribution in [2.75, 3.05) is 13.1 Å². The highest BCUT2D eigenvalue weighted by atomic mass is 16.2. The molecule has 0 aliphatic rings. The zero-order valence-electron chi connectivity index (χ0n) is 14.9. The van der Waals surface area contributed by atoms with Gasteiger partial charge < -0.3 is 11.1 Å². The maximum Gasteiger partial charge on any atom is 0.329 e. The minimum absolute atomic E-state index is 0.0490. The number of rotatable bonds is 7. The monoisotopic (exact) mass is 347 g/mol. The van der Waals surface area contributed by atoms with Gasteiger partial charge in [-0.05, 0) is 38.3 Å². The predicted molar refractivity (Wildman–Crippen MR) is 97.0 cm³/mol. The van der Waals surface area contributed by atoms with Gasteiger partial charge in [0.05, 0.1) is 10.9 Å². The second-order valence-electron chi connectivity index (χ2n) is 6.20. The van der Waals surface area contributed by atoms with Gasteiger partial charge in [0.2, 0.25) is 0 Å². The Kier molecular flexibility index (Phi) is 6.08. The summed E-state index contributed by atoms with van der Waals surface area (Å²) in [7, 11) is 0. The number of amides is 1. The number of nitrogens with two attached hydrogens (primary N) is 1. The largest absolute Gasteiger partial charge is 0.352 e. The lowest BCUT2D eigenvalue weighted by molar-refractivity contribution is 0.0954. The fraction of sp³-hybridized carbons (Fsp3) is 0.529. The molecule has 0 bridgehead atoms. The Morgan fingerprint density at radius 1 is 1.36 bits per heavy atom. The third kappa shape index (κ3) is 3.96. The van der Waals surface area contributed by atoms with E-state index in [2.05, 4.69) is 15.3 Å². The van der Waals surface area contributed by atoms with Crippen LogP contribution in [0.4, 0.5) is 0 Å². The molecule has 2 aromatic rings. The van der Waals surface area contributed by atoms with Gasteiger partial charge in [-0.3, -0.25) is 19.1 Å². The number of aromatic amines is 1. The molecular weight excluding hydrogens is 322 g/mol. The SMILES string of the molecule is CCn1c(=O)[nH]c(=O)c2c(C(=O)NCCCCN)cc(C(C)C)nc21. The number of carbonyl (C=O) groups excluding carboxylic acids is 1. The summed E-state index contributed by atoms with van der Waals surface area (Å²) in [5, 5.41) is 2.95. The van der Waals surface area contributed by atoms with Gasteiger partial charge in [-0.25, -0.2) is 9.78 Å². The summed E-state index contributed by atoms with van der Waals surface area (Å²) < 4.78 is 1.37. The molecular formula is C17H25N5O3. The summed E-state index contributed by atoms with van der Waals surface area (Å²) in [5.41, 5.74) is 5.47. The maximum absolute atomic E-state index is 12.6. The van der Waals surface area contributed by atoms with Crippen LogP contribution < -0.4 is 22.3 Å². The van der Waals surface area contributed by atoms with Gasteiger partial charge in [0, 0.05) is 18.8 Å². The number of aromatic nitrogens is 3. The third-order valence-corrected chi connectivity index (χ3v) is 4.04. The highest BCUT2D eigenvalue weighted by Gasteiger charge is 2.19. The van der Waals surface area contributed by atoms with E-state index in [0.29, 0.717) is 25.3 Å². The Hall–Kier alpha value is -2.48. The molecule has 0 radical (unpaired) electrons. The molecule has 0 saturated carbocycles. The molecule has 2 heterocycles. The van der Waals surface area contributed by atoms with Crippen molar-refractivity contribution in [2.45, 2.75) is 46.1 Å². The number of fused-ring (bicyclic) bond motifs is 1. The van der Waals surface area contributed by atoms with Gasteiger partial charge in [-0.1, -0.05) is 13.8 Å². The van der Waals surface area contributed by atoms with E-state index in [1.165, 1.54) is 4.57 Å². The molecule has 2 rings (SSSR count). The summed E-state index contributed by atoms with van der Waals surface area (Å²) >= 11 is 0. The lowest BCUT2D eigenvalue weighted by Gasteiger charge is -2.14. The van der Waals surface area contributed by atoms with E-state index in [9.17, 15) is 14.4 Å². The maximum atomic E-state index is 12.6. The van der Waals surface area contributed by atoms with Crippen molar-refractivity contribution in [1.82, 2.24) is 19.9 Å².